The van der Waals surface area contributed by atoms with Crippen LogP contribution in [-0.4, -0.2) is 22.0 Å². The molecule has 0 spiro atoms. The molecule has 0 atom stereocenters. The van der Waals surface area contributed by atoms with Crippen molar-refractivity contribution in [3.05, 3.63) is 23.2 Å². The van der Waals surface area contributed by atoms with Gasteiger partial charge in [0.15, 0.2) is 0 Å². The Morgan fingerprint density at radius 2 is 2.33 bits per heavy atom. The van der Waals surface area contributed by atoms with Gasteiger partial charge in [0.25, 0.3) is 0 Å². The summed E-state index contributed by atoms with van der Waals surface area (Å²) in [6.07, 6.45) is 0.901. The molecule has 2 rings (SSSR count). The van der Waals surface area contributed by atoms with Gasteiger partial charge in [-0.25, -0.2) is 4.98 Å². The molecule has 0 aliphatic heterocycles. The number of nitrogen functional groups attached to an aromatic ring is 1. The Balaban J connectivity index is 2.29. The molecule has 0 aliphatic carbocycles. The molecule has 96 valence electrons. The summed E-state index contributed by atoms with van der Waals surface area (Å²) in [6, 6.07) is 5.29. The van der Waals surface area contributed by atoms with Crippen LogP contribution in [0.2, 0.25) is 5.02 Å². The number of fused-ring (bicyclic) bond motifs is 1. The van der Waals surface area contributed by atoms with Crippen molar-refractivity contribution in [3.63, 3.8) is 0 Å². The summed E-state index contributed by atoms with van der Waals surface area (Å²) >= 11 is 5.94. The van der Waals surface area contributed by atoms with Crippen LogP contribution in [0.5, 0.6) is 0 Å². The number of nitrogens with one attached hydrogen (secondary N) is 1. The van der Waals surface area contributed by atoms with Gasteiger partial charge in [-0.1, -0.05) is 18.5 Å². The van der Waals surface area contributed by atoms with E-state index in [1.54, 1.807) is 22.8 Å². The van der Waals surface area contributed by atoms with Crippen molar-refractivity contribution >= 4 is 34.5 Å². The molecule has 0 saturated heterocycles. The number of amides is 1. The van der Waals surface area contributed by atoms with Gasteiger partial charge in [-0.15, -0.1) is 0 Å². The van der Waals surface area contributed by atoms with Gasteiger partial charge >= 0.3 is 0 Å². The van der Waals surface area contributed by atoms with Crippen LogP contribution in [0.15, 0.2) is 18.2 Å². The number of benzene rings is 1. The quantitative estimate of drug-likeness (QED) is 0.886. The number of nitrogens with zero attached hydrogens (tertiary/aromatic N) is 2. The number of aromatic nitrogens is 2. The topological polar surface area (TPSA) is 72.9 Å². The molecule has 1 amide bonds. The number of imidazole rings is 1. The maximum absolute atomic E-state index is 11.7. The minimum atomic E-state index is -0.0807. The van der Waals surface area contributed by atoms with Gasteiger partial charge in [0, 0.05) is 11.6 Å². The molecule has 1 aromatic carbocycles. The second-order valence-corrected chi connectivity index (χ2v) is 4.48. The summed E-state index contributed by atoms with van der Waals surface area (Å²) in [5, 5.41) is 3.40. The van der Waals surface area contributed by atoms with Crippen molar-refractivity contribution in [2.24, 2.45) is 0 Å². The first-order chi connectivity index (χ1) is 8.61. The minimum absolute atomic E-state index is 0.0807. The second-order valence-electron chi connectivity index (χ2n) is 4.04. The standard InChI is InChI=1S/C12H15ClN4O/c1-2-5-15-11(18)7-17-10-6-8(13)3-4-9(10)16-12(17)14/h3-4,6H,2,5,7H2,1H3,(H2,14,16)(H,15,18). The molecule has 0 fully saturated rings. The summed E-state index contributed by atoms with van der Waals surface area (Å²) in [6.45, 7) is 2.82. The number of halogens is 1. The van der Waals surface area contributed by atoms with Crippen LogP contribution in [0.25, 0.3) is 11.0 Å². The second kappa shape index (κ2) is 5.27. The van der Waals surface area contributed by atoms with E-state index in [1.807, 2.05) is 6.92 Å². The van der Waals surface area contributed by atoms with Crippen LogP contribution in [0.4, 0.5) is 5.95 Å². The minimum Gasteiger partial charge on any atom is -0.369 e. The van der Waals surface area contributed by atoms with E-state index >= 15 is 0 Å². The SMILES string of the molecule is CCCNC(=O)Cn1c(N)nc2ccc(Cl)cc21. The first-order valence-electron chi connectivity index (χ1n) is 5.79. The molecular formula is C12H15ClN4O. The fourth-order valence-electron chi connectivity index (χ4n) is 1.74. The number of hydrogen-bond donors (Lipinski definition) is 2. The lowest BCUT2D eigenvalue weighted by Crippen LogP contribution is -2.28. The molecule has 3 N–H and O–H groups in total. The van der Waals surface area contributed by atoms with Gasteiger partial charge in [0.2, 0.25) is 11.9 Å². The third kappa shape index (κ3) is 2.56. The molecule has 1 aromatic heterocycles. The molecule has 1 heterocycles. The Morgan fingerprint density at radius 3 is 3.06 bits per heavy atom. The first kappa shape index (κ1) is 12.7. The van der Waals surface area contributed by atoms with Gasteiger partial charge in [0.1, 0.15) is 6.54 Å². The maximum atomic E-state index is 11.7. The molecule has 6 heteroatoms. The van der Waals surface area contributed by atoms with Gasteiger partial charge in [-0.05, 0) is 24.6 Å². The largest absolute Gasteiger partial charge is 0.369 e. The molecule has 0 unspecified atom stereocenters. The van der Waals surface area contributed by atoms with Crippen LogP contribution in [0.1, 0.15) is 13.3 Å². The number of hydrogen-bond acceptors (Lipinski definition) is 3. The smallest absolute Gasteiger partial charge is 0.240 e. The molecule has 18 heavy (non-hydrogen) atoms. The summed E-state index contributed by atoms with van der Waals surface area (Å²) in [5.41, 5.74) is 7.32. The van der Waals surface area contributed by atoms with Gasteiger partial charge < -0.3 is 15.6 Å². The van der Waals surface area contributed by atoms with E-state index in [0.717, 1.165) is 17.5 Å². The summed E-state index contributed by atoms with van der Waals surface area (Å²) < 4.78 is 1.66. The zero-order valence-corrected chi connectivity index (χ0v) is 10.9. The average molecular weight is 267 g/mol. The van der Waals surface area contributed by atoms with Gasteiger partial charge in [0.05, 0.1) is 11.0 Å². The van der Waals surface area contributed by atoms with Gasteiger partial charge in [-0.2, -0.15) is 0 Å². The predicted octanol–water partition coefficient (Wildman–Crippen LogP) is 1.80. The molecular weight excluding hydrogens is 252 g/mol. The number of nitrogens with two attached hydrogens (primary N) is 1. The number of anilines is 1. The van der Waals surface area contributed by atoms with Crippen LogP contribution < -0.4 is 11.1 Å². The van der Waals surface area contributed by atoms with Crippen LogP contribution >= 0.6 is 11.6 Å². The molecule has 5 nitrogen and oxygen atoms in total. The average Bonchev–Trinajstić information content (AvgIpc) is 2.63. The Labute approximate surface area is 110 Å². The number of carbonyl (C=O) groups is 1. The lowest BCUT2D eigenvalue weighted by atomic mass is 10.3. The van der Waals surface area contributed by atoms with Crippen LogP contribution in [0.3, 0.4) is 0 Å². The van der Waals surface area contributed by atoms with Crippen molar-refractivity contribution in [1.82, 2.24) is 14.9 Å². The summed E-state index contributed by atoms with van der Waals surface area (Å²) in [5.74, 6) is 0.238. The monoisotopic (exact) mass is 266 g/mol. The van der Waals surface area contributed by atoms with E-state index in [2.05, 4.69) is 10.3 Å². The van der Waals surface area contributed by atoms with E-state index in [1.165, 1.54) is 0 Å². The van der Waals surface area contributed by atoms with E-state index in [-0.39, 0.29) is 12.5 Å². The highest BCUT2D eigenvalue weighted by molar-refractivity contribution is 6.31. The lowest BCUT2D eigenvalue weighted by Gasteiger charge is -2.07. The van der Waals surface area contributed by atoms with Crippen LogP contribution in [-0.2, 0) is 11.3 Å². The molecule has 0 saturated carbocycles. The third-order valence-corrected chi connectivity index (χ3v) is 2.85. The van der Waals surface area contributed by atoms with E-state index < -0.39 is 0 Å². The van der Waals surface area contributed by atoms with Crippen LogP contribution in [0, 0.1) is 0 Å². The molecule has 2 aromatic rings. The summed E-state index contributed by atoms with van der Waals surface area (Å²) in [7, 11) is 0. The Kier molecular flexibility index (Phi) is 3.72. The Hall–Kier alpha value is -1.75. The molecule has 0 aliphatic rings. The molecule has 0 radical (unpaired) electrons. The fraction of sp³-hybridized carbons (Fsp3) is 0.333. The number of carbonyl (C=O) groups excluding carboxylic acids is 1. The van der Waals surface area contributed by atoms with Crippen molar-refractivity contribution in [1.29, 1.82) is 0 Å². The van der Waals surface area contributed by atoms with Crippen molar-refractivity contribution in [3.8, 4) is 0 Å². The normalized spacial score (nSPS) is 10.8. The lowest BCUT2D eigenvalue weighted by molar-refractivity contribution is -0.121. The Morgan fingerprint density at radius 1 is 1.56 bits per heavy atom. The fourth-order valence-corrected chi connectivity index (χ4v) is 1.91. The third-order valence-electron chi connectivity index (χ3n) is 2.61. The molecule has 0 bridgehead atoms. The zero-order valence-electron chi connectivity index (χ0n) is 10.1. The zero-order chi connectivity index (χ0) is 13.1. The van der Waals surface area contributed by atoms with Gasteiger partial charge in [-0.3, -0.25) is 4.79 Å². The van der Waals surface area contributed by atoms with Crippen molar-refractivity contribution < 1.29 is 4.79 Å². The maximum Gasteiger partial charge on any atom is 0.240 e. The van der Waals surface area contributed by atoms with E-state index in [0.29, 0.717) is 17.5 Å². The highest BCUT2D eigenvalue weighted by Gasteiger charge is 2.11. The summed E-state index contributed by atoms with van der Waals surface area (Å²) in [4.78, 5) is 15.9. The highest BCUT2D eigenvalue weighted by Crippen LogP contribution is 2.21. The van der Waals surface area contributed by atoms with E-state index in [4.69, 9.17) is 17.3 Å². The Bertz CT molecular complexity index is 579. The van der Waals surface area contributed by atoms with Crippen molar-refractivity contribution in [2.75, 3.05) is 12.3 Å². The first-order valence-corrected chi connectivity index (χ1v) is 6.17. The van der Waals surface area contributed by atoms with E-state index in [9.17, 15) is 4.79 Å². The van der Waals surface area contributed by atoms with Crippen molar-refractivity contribution in [2.45, 2.75) is 19.9 Å². The number of rotatable bonds is 4. The highest BCUT2D eigenvalue weighted by atomic mass is 35.5. The predicted molar refractivity (Wildman–Crippen MR) is 72.5 cm³/mol.